The van der Waals surface area contributed by atoms with E-state index in [-0.39, 0.29) is 5.75 Å². The molecule has 0 aliphatic heterocycles. The predicted octanol–water partition coefficient (Wildman–Crippen LogP) is 0.690. The monoisotopic (exact) mass is 229 g/mol. The Labute approximate surface area is 90.3 Å². The van der Waals surface area contributed by atoms with Crippen molar-refractivity contribution in [3.8, 4) is 0 Å². The maximum absolute atomic E-state index is 10.3. The lowest BCUT2D eigenvalue weighted by Gasteiger charge is -2.04. The number of aromatic nitrogens is 1. The first-order valence-electron chi connectivity index (χ1n) is 4.95. The van der Waals surface area contributed by atoms with Crippen molar-refractivity contribution in [3.05, 3.63) is 30.6 Å². The van der Waals surface area contributed by atoms with Gasteiger partial charge in [0.15, 0.2) is 12.4 Å². The summed E-state index contributed by atoms with van der Waals surface area (Å²) in [5, 5.41) is 0. The summed E-state index contributed by atoms with van der Waals surface area (Å²) in [6.45, 7) is 0.861. The molecule has 0 spiro atoms. The van der Waals surface area contributed by atoms with E-state index in [0.29, 0.717) is 6.42 Å². The molecule has 0 aromatic carbocycles. The van der Waals surface area contributed by atoms with E-state index in [9.17, 15) is 13.0 Å². The van der Waals surface area contributed by atoms with Crippen molar-refractivity contribution < 1.29 is 17.5 Å². The van der Waals surface area contributed by atoms with Gasteiger partial charge in [0.05, 0.1) is 10.1 Å². The van der Waals surface area contributed by atoms with E-state index in [0.717, 1.165) is 19.4 Å². The van der Waals surface area contributed by atoms with Crippen LogP contribution in [0.2, 0.25) is 0 Å². The van der Waals surface area contributed by atoms with Gasteiger partial charge in [0.1, 0.15) is 6.54 Å². The van der Waals surface area contributed by atoms with Crippen LogP contribution in [0, 0.1) is 0 Å². The van der Waals surface area contributed by atoms with Crippen LogP contribution in [0.3, 0.4) is 0 Å². The highest BCUT2D eigenvalue weighted by Gasteiger charge is 1.99. The summed E-state index contributed by atoms with van der Waals surface area (Å²) in [4.78, 5) is 0. The summed E-state index contributed by atoms with van der Waals surface area (Å²) in [6.07, 6.45) is 6.04. The normalized spacial score (nSPS) is 11.5. The van der Waals surface area contributed by atoms with Crippen molar-refractivity contribution in [2.45, 2.75) is 25.8 Å². The molecular formula is C10H15NO3S. The molecule has 15 heavy (non-hydrogen) atoms. The van der Waals surface area contributed by atoms with Crippen LogP contribution in [0.4, 0.5) is 0 Å². The summed E-state index contributed by atoms with van der Waals surface area (Å²) in [5.41, 5.74) is 0. The van der Waals surface area contributed by atoms with Crippen LogP contribution in [0.15, 0.2) is 30.6 Å². The number of pyridine rings is 1. The average molecular weight is 229 g/mol. The molecular weight excluding hydrogens is 214 g/mol. The van der Waals surface area contributed by atoms with Gasteiger partial charge in [0, 0.05) is 24.3 Å². The number of rotatable bonds is 6. The van der Waals surface area contributed by atoms with Gasteiger partial charge in [-0.1, -0.05) is 6.07 Å². The molecule has 0 aliphatic carbocycles. The fraction of sp³-hybridized carbons (Fsp3) is 0.500. The number of hydrogen-bond acceptors (Lipinski definition) is 3. The van der Waals surface area contributed by atoms with Gasteiger partial charge in [-0.3, -0.25) is 0 Å². The fourth-order valence-corrected chi connectivity index (χ4v) is 1.89. The topological polar surface area (TPSA) is 61.1 Å². The maximum Gasteiger partial charge on any atom is 0.168 e. The van der Waals surface area contributed by atoms with E-state index in [1.54, 1.807) is 0 Å². The first-order chi connectivity index (χ1) is 7.08. The van der Waals surface area contributed by atoms with Crippen LogP contribution in [-0.4, -0.2) is 18.7 Å². The van der Waals surface area contributed by atoms with Crippen LogP contribution in [0.25, 0.3) is 0 Å². The van der Waals surface area contributed by atoms with Crippen molar-refractivity contribution in [1.29, 1.82) is 0 Å². The third-order valence-corrected chi connectivity index (χ3v) is 2.88. The van der Waals surface area contributed by atoms with Gasteiger partial charge in [-0.2, -0.15) is 0 Å². The van der Waals surface area contributed by atoms with Gasteiger partial charge in [0.25, 0.3) is 0 Å². The predicted molar refractivity (Wildman–Crippen MR) is 55.1 cm³/mol. The Kier molecular flexibility index (Phi) is 4.71. The first-order valence-corrected chi connectivity index (χ1v) is 6.53. The van der Waals surface area contributed by atoms with E-state index in [4.69, 9.17) is 0 Å². The number of unbranched alkanes of at least 4 members (excludes halogenated alkanes) is 2. The average Bonchev–Trinajstić information content (AvgIpc) is 2.17. The van der Waals surface area contributed by atoms with Gasteiger partial charge < -0.3 is 4.55 Å². The Bertz CT molecular complexity index is 375. The van der Waals surface area contributed by atoms with Gasteiger partial charge in [-0.15, -0.1) is 0 Å². The molecule has 84 valence electrons. The van der Waals surface area contributed by atoms with Crippen LogP contribution in [0.5, 0.6) is 0 Å². The lowest BCUT2D eigenvalue weighted by molar-refractivity contribution is -0.697. The van der Waals surface area contributed by atoms with Crippen molar-refractivity contribution in [2.24, 2.45) is 0 Å². The van der Waals surface area contributed by atoms with E-state index < -0.39 is 10.1 Å². The summed E-state index contributed by atoms with van der Waals surface area (Å²) in [7, 11) is -4.03. The van der Waals surface area contributed by atoms with Crippen molar-refractivity contribution in [2.75, 3.05) is 5.75 Å². The smallest absolute Gasteiger partial charge is 0.168 e. The lowest BCUT2D eigenvalue weighted by Crippen LogP contribution is -2.32. The molecule has 1 aromatic rings. The summed E-state index contributed by atoms with van der Waals surface area (Å²) in [6, 6.07) is 5.84. The van der Waals surface area contributed by atoms with Crippen LogP contribution in [-0.2, 0) is 16.7 Å². The zero-order chi connectivity index (χ0) is 11.1. The van der Waals surface area contributed by atoms with Crippen LogP contribution in [0.1, 0.15) is 19.3 Å². The molecule has 5 heteroatoms. The Morgan fingerprint density at radius 3 is 2.27 bits per heavy atom. The fourth-order valence-electron chi connectivity index (χ4n) is 1.33. The second-order valence-electron chi connectivity index (χ2n) is 3.44. The molecule has 1 aromatic heterocycles. The molecule has 1 rings (SSSR count). The highest BCUT2D eigenvalue weighted by atomic mass is 32.2. The standard InChI is InChI=1S/C10H15NO3S/c12-15(13,14)10-6-2-5-9-11-7-3-1-4-8-11/h1,3-4,7-8H,2,5-6,9-10H2. The van der Waals surface area contributed by atoms with Gasteiger partial charge in [-0.05, 0) is 12.8 Å². The Morgan fingerprint density at radius 1 is 1.00 bits per heavy atom. The molecule has 0 bridgehead atoms. The van der Waals surface area contributed by atoms with E-state index >= 15 is 0 Å². The molecule has 4 nitrogen and oxygen atoms in total. The molecule has 1 heterocycles. The van der Waals surface area contributed by atoms with E-state index in [2.05, 4.69) is 0 Å². The number of hydrogen-bond donors (Lipinski definition) is 0. The van der Waals surface area contributed by atoms with Gasteiger partial charge >= 0.3 is 0 Å². The Morgan fingerprint density at radius 2 is 1.67 bits per heavy atom. The van der Waals surface area contributed by atoms with Crippen LogP contribution < -0.4 is 4.57 Å². The minimum atomic E-state index is -4.03. The minimum absolute atomic E-state index is 0.244. The molecule has 0 atom stereocenters. The second kappa shape index (κ2) is 5.82. The number of aryl methyl sites for hydroxylation is 1. The molecule has 0 amide bonds. The molecule has 0 fully saturated rings. The zero-order valence-corrected chi connectivity index (χ0v) is 9.32. The highest BCUT2D eigenvalue weighted by Crippen LogP contribution is 1.98. The summed E-state index contributed by atoms with van der Waals surface area (Å²) < 4.78 is 32.9. The van der Waals surface area contributed by atoms with Gasteiger partial charge in [0.2, 0.25) is 0 Å². The third-order valence-electron chi connectivity index (χ3n) is 2.09. The first kappa shape index (κ1) is 12.1. The second-order valence-corrected chi connectivity index (χ2v) is 4.96. The quantitative estimate of drug-likeness (QED) is 0.409. The number of nitrogens with zero attached hydrogens (tertiary/aromatic N) is 1. The molecule has 0 radical (unpaired) electrons. The maximum atomic E-state index is 10.3. The highest BCUT2D eigenvalue weighted by molar-refractivity contribution is 7.85. The molecule has 0 aliphatic rings. The minimum Gasteiger partial charge on any atom is -0.748 e. The molecule has 0 unspecified atom stereocenters. The van der Waals surface area contributed by atoms with Gasteiger partial charge in [-0.25, -0.2) is 13.0 Å². The zero-order valence-electron chi connectivity index (χ0n) is 8.50. The molecule has 0 N–H and O–H groups in total. The lowest BCUT2D eigenvalue weighted by atomic mass is 10.2. The Balaban J connectivity index is 2.13. The molecule has 0 saturated carbocycles. The molecule has 0 saturated heterocycles. The van der Waals surface area contributed by atoms with Crippen molar-refractivity contribution in [1.82, 2.24) is 0 Å². The Hall–Kier alpha value is -0.940. The SMILES string of the molecule is O=S(=O)([O-])CCCCC[n+]1ccccc1. The van der Waals surface area contributed by atoms with Crippen LogP contribution >= 0.6 is 0 Å². The third kappa shape index (κ3) is 6.19. The van der Waals surface area contributed by atoms with Crippen molar-refractivity contribution in [3.63, 3.8) is 0 Å². The van der Waals surface area contributed by atoms with Crippen molar-refractivity contribution >= 4 is 10.1 Å². The van der Waals surface area contributed by atoms with E-state index in [1.807, 2.05) is 35.2 Å². The summed E-state index contributed by atoms with van der Waals surface area (Å²) >= 11 is 0. The largest absolute Gasteiger partial charge is 0.748 e. The summed E-state index contributed by atoms with van der Waals surface area (Å²) in [5.74, 6) is -0.244. The van der Waals surface area contributed by atoms with E-state index in [1.165, 1.54) is 0 Å².